The normalized spacial score (nSPS) is 18.3. The first-order valence-electron chi connectivity index (χ1n) is 10.8. The number of alkyl halides is 3. The number of nitrogens with zero attached hydrogens (tertiary/aromatic N) is 9. The Balaban J connectivity index is 1.71. The molecule has 176 valence electrons. The molecule has 0 aromatic carbocycles. The lowest BCUT2D eigenvalue weighted by molar-refractivity contribution is -0.139. The van der Waals surface area contributed by atoms with Crippen LogP contribution >= 0.6 is 0 Å². The lowest BCUT2D eigenvalue weighted by Crippen LogP contribution is -2.45. The summed E-state index contributed by atoms with van der Waals surface area (Å²) >= 11 is 0. The molecule has 5 heterocycles. The van der Waals surface area contributed by atoms with Gasteiger partial charge in [-0.15, -0.1) is 0 Å². The van der Waals surface area contributed by atoms with E-state index in [0.29, 0.717) is 56.3 Å². The summed E-state index contributed by atoms with van der Waals surface area (Å²) in [5.74, 6) is 1.02. The second-order valence-electron chi connectivity index (χ2n) is 8.17. The van der Waals surface area contributed by atoms with Gasteiger partial charge >= 0.3 is 6.18 Å². The van der Waals surface area contributed by atoms with E-state index < -0.39 is 12.7 Å². The molecule has 3 aromatic heterocycles. The van der Waals surface area contributed by atoms with Crippen molar-refractivity contribution < 1.29 is 17.9 Å². The van der Waals surface area contributed by atoms with Gasteiger partial charge in [0.25, 0.3) is 0 Å². The standard InChI is InChI=1S/C20H24F3N9O/c1-29-2-4-31(5-3-29)19-26-15-17(30-6-8-33-9-7-30)27-16(14-10-24-13-25-11-14)28-18(15)32(19)12-20(21,22)23/h10-11,13H,2-9,12H2,1H3. The van der Waals surface area contributed by atoms with Gasteiger partial charge in [-0.1, -0.05) is 0 Å². The predicted molar refractivity (Wildman–Crippen MR) is 115 cm³/mol. The van der Waals surface area contributed by atoms with Crippen LogP contribution in [-0.4, -0.2) is 100 Å². The molecule has 0 bridgehead atoms. The van der Waals surface area contributed by atoms with Gasteiger partial charge in [-0.2, -0.15) is 13.2 Å². The minimum absolute atomic E-state index is 0.150. The lowest BCUT2D eigenvalue weighted by atomic mass is 10.3. The van der Waals surface area contributed by atoms with E-state index in [1.54, 1.807) is 12.4 Å². The number of fused-ring (bicyclic) bond motifs is 1. The van der Waals surface area contributed by atoms with Gasteiger partial charge in [-0.3, -0.25) is 4.57 Å². The van der Waals surface area contributed by atoms with Crippen LogP contribution in [-0.2, 0) is 11.3 Å². The van der Waals surface area contributed by atoms with E-state index in [1.807, 2.05) is 16.8 Å². The van der Waals surface area contributed by atoms with E-state index in [-0.39, 0.29) is 17.4 Å². The quantitative estimate of drug-likeness (QED) is 0.570. The summed E-state index contributed by atoms with van der Waals surface area (Å²) in [4.78, 5) is 28.0. The van der Waals surface area contributed by atoms with Crippen LogP contribution in [0.4, 0.5) is 24.9 Å². The second-order valence-corrected chi connectivity index (χ2v) is 8.17. The Morgan fingerprint density at radius 1 is 0.909 bits per heavy atom. The number of imidazole rings is 1. The fourth-order valence-corrected chi connectivity index (χ4v) is 4.09. The molecule has 0 atom stereocenters. The highest BCUT2D eigenvalue weighted by atomic mass is 19.4. The van der Waals surface area contributed by atoms with Crippen molar-refractivity contribution in [1.82, 2.24) is 34.4 Å². The fourth-order valence-electron chi connectivity index (χ4n) is 4.09. The van der Waals surface area contributed by atoms with E-state index in [4.69, 9.17) is 9.72 Å². The van der Waals surface area contributed by atoms with Crippen LogP contribution < -0.4 is 9.80 Å². The third-order valence-electron chi connectivity index (χ3n) is 5.81. The molecule has 0 N–H and O–H groups in total. The van der Waals surface area contributed by atoms with Crippen molar-refractivity contribution >= 4 is 22.9 Å². The van der Waals surface area contributed by atoms with Gasteiger partial charge in [0.05, 0.1) is 18.8 Å². The molecular formula is C20H24F3N9O. The molecule has 33 heavy (non-hydrogen) atoms. The van der Waals surface area contributed by atoms with Crippen LogP contribution in [0.1, 0.15) is 0 Å². The maximum atomic E-state index is 13.7. The Morgan fingerprint density at radius 2 is 1.61 bits per heavy atom. The SMILES string of the molecule is CN1CCN(c2nc3c(N4CCOCC4)nc(-c4cncnc4)nc3n2CC(F)(F)F)CC1. The van der Waals surface area contributed by atoms with Gasteiger partial charge in [0, 0.05) is 51.7 Å². The molecule has 2 aliphatic rings. The average Bonchev–Trinajstić information content (AvgIpc) is 3.17. The molecule has 0 aliphatic carbocycles. The number of likely N-dealkylation sites (N-methyl/N-ethyl adjacent to an activating group) is 1. The van der Waals surface area contributed by atoms with Crippen molar-refractivity contribution in [3.05, 3.63) is 18.7 Å². The fraction of sp³-hybridized carbons (Fsp3) is 0.550. The Morgan fingerprint density at radius 3 is 2.27 bits per heavy atom. The molecule has 0 spiro atoms. The summed E-state index contributed by atoms with van der Waals surface area (Å²) in [6.07, 6.45) is 0.0333. The van der Waals surface area contributed by atoms with Gasteiger partial charge in [-0.05, 0) is 7.05 Å². The minimum atomic E-state index is -4.44. The van der Waals surface area contributed by atoms with Gasteiger partial charge in [0.2, 0.25) is 5.95 Å². The number of halogens is 3. The first kappa shape index (κ1) is 21.8. The van der Waals surface area contributed by atoms with Gasteiger partial charge in [0.15, 0.2) is 22.8 Å². The summed E-state index contributed by atoms with van der Waals surface area (Å²) in [5.41, 5.74) is 1.03. The zero-order chi connectivity index (χ0) is 23.0. The highest BCUT2D eigenvalue weighted by Gasteiger charge is 2.34. The number of piperazine rings is 1. The highest BCUT2D eigenvalue weighted by Crippen LogP contribution is 2.33. The van der Waals surface area contributed by atoms with E-state index in [9.17, 15) is 13.2 Å². The Hall–Kier alpha value is -3.06. The number of anilines is 2. The summed E-state index contributed by atoms with van der Waals surface area (Å²) in [6.45, 7) is 3.59. The van der Waals surface area contributed by atoms with Crippen LogP contribution in [0.15, 0.2) is 18.7 Å². The van der Waals surface area contributed by atoms with Crippen LogP contribution in [0, 0.1) is 0 Å². The molecule has 5 rings (SSSR count). The van der Waals surface area contributed by atoms with Crippen LogP contribution in [0.25, 0.3) is 22.6 Å². The van der Waals surface area contributed by atoms with E-state index in [0.717, 1.165) is 13.1 Å². The molecule has 2 saturated heterocycles. The number of hydrogen-bond acceptors (Lipinski definition) is 9. The third kappa shape index (κ3) is 4.55. The molecule has 3 aromatic rings. The number of ether oxygens (including phenoxy) is 1. The molecule has 13 heteroatoms. The Bertz CT molecular complexity index is 1110. The van der Waals surface area contributed by atoms with Gasteiger partial charge < -0.3 is 19.4 Å². The third-order valence-corrected chi connectivity index (χ3v) is 5.81. The maximum Gasteiger partial charge on any atom is 0.406 e. The van der Waals surface area contributed by atoms with Gasteiger partial charge in [-0.25, -0.2) is 24.9 Å². The van der Waals surface area contributed by atoms with Crippen molar-refractivity contribution in [1.29, 1.82) is 0 Å². The van der Waals surface area contributed by atoms with Crippen LogP contribution in [0.3, 0.4) is 0 Å². The summed E-state index contributed by atoms with van der Waals surface area (Å²) in [7, 11) is 1.99. The highest BCUT2D eigenvalue weighted by molar-refractivity contribution is 5.88. The van der Waals surface area contributed by atoms with Crippen molar-refractivity contribution in [2.24, 2.45) is 0 Å². The largest absolute Gasteiger partial charge is 0.406 e. The van der Waals surface area contributed by atoms with Crippen molar-refractivity contribution in [3.8, 4) is 11.4 Å². The minimum Gasteiger partial charge on any atom is -0.378 e. The average molecular weight is 463 g/mol. The van der Waals surface area contributed by atoms with Gasteiger partial charge in [0.1, 0.15) is 12.9 Å². The number of rotatable bonds is 4. The number of hydrogen-bond donors (Lipinski definition) is 0. The summed E-state index contributed by atoms with van der Waals surface area (Å²) in [5, 5.41) is 0. The molecule has 2 aliphatic heterocycles. The molecule has 10 nitrogen and oxygen atoms in total. The van der Waals surface area contributed by atoms with Crippen molar-refractivity contribution in [2.75, 3.05) is 69.3 Å². The lowest BCUT2D eigenvalue weighted by Gasteiger charge is -2.33. The first-order chi connectivity index (χ1) is 15.9. The first-order valence-corrected chi connectivity index (χ1v) is 10.8. The topological polar surface area (TPSA) is 88.3 Å². The van der Waals surface area contributed by atoms with Crippen molar-refractivity contribution in [3.63, 3.8) is 0 Å². The molecule has 0 radical (unpaired) electrons. The zero-order valence-corrected chi connectivity index (χ0v) is 18.2. The Kier molecular flexibility index (Phi) is 5.74. The summed E-state index contributed by atoms with van der Waals surface area (Å²) in [6, 6.07) is 0. The zero-order valence-electron chi connectivity index (χ0n) is 18.2. The summed E-state index contributed by atoms with van der Waals surface area (Å²) < 4.78 is 47.6. The van der Waals surface area contributed by atoms with E-state index >= 15 is 0 Å². The second kappa shape index (κ2) is 8.71. The maximum absolute atomic E-state index is 13.7. The molecule has 0 saturated carbocycles. The van der Waals surface area contributed by atoms with E-state index in [1.165, 1.54) is 10.9 Å². The predicted octanol–water partition coefficient (Wildman–Crippen LogP) is 1.43. The van der Waals surface area contributed by atoms with Crippen LogP contribution in [0.2, 0.25) is 0 Å². The molecule has 0 amide bonds. The molecule has 0 unspecified atom stereocenters. The molecular weight excluding hydrogens is 439 g/mol. The number of morpholine rings is 1. The van der Waals surface area contributed by atoms with Crippen molar-refractivity contribution in [2.45, 2.75) is 12.7 Å². The number of aromatic nitrogens is 6. The van der Waals surface area contributed by atoms with E-state index in [2.05, 4.69) is 24.8 Å². The monoisotopic (exact) mass is 463 g/mol. The van der Waals surface area contributed by atoms with Crippen LogP contribution in [0.5, 0.6) is 0 Å². The molecule has 2 fully saturated rings. The smallest absolute Gasteiger partial charge is 0.378 e. The Labute approximate surface area is 188 Å².